The van der Waals surface area contributed by atoms with Gasteiger partial charge >= 0.3 is 0 Å². The number of halogens is 1. The third kappa shape index (κ3) is 3.22. The van der Waals surface area contributed by atoms with Gasteiger partial charge in [-0.15, -0.1) is 11.3 Å². The molecule has 0 spiro atoms. The van der Waals surface area contributed by atoms with Crippen molar-refractivity contribution in [3.05, 3.63) is 69.8 Å². The van der Waals surface area contributed by atoms with Crippen LogP contribution in [-0.2, 0) is 0 Å². The SMILES string of the molecule is N#Cc1cccc(-c2nc(N)c3cc(C(O)c4cccnc4Cl)sc3n2)c1. The predicted molar refractivity (Wildman–Crippen MR) is 105 cm³/mol. The lowest BCUT2D eigenvalue weighted by atomic mass is 10.1. The minimum absolute atomic E-state index is 0.246. The molecule has 4 aromatic rings. The lowest BCUT2D eigenvalue weighted by Crippen LogP contribution is -1.99. The maximum atomic E-state index is 10.7. The molecule has 132 valence electrons. The number of aliphatic hydroxyl groups excluding tert-OH is 1. The van der Waals surface area contributed by atoms with Crippen molar-refractivity contribution in [1.82, 2.24) is 15.0 Å². The van der Waals surface area contributed by atoms with Crippen LogP contribution in [0.2, 0.25) is 5.15 Å². The average Bonchev–Trinajstić information content (AvgIpc) is 3.13. The van der Waals surface area contributed by atoms with Crippen LogP contribution in [0.1, 0.15) is 22.1 Å². The molecule has 27 heavy (non-hydrogen) atoms. The van der Waals surface area contributed by atoms with E-state index in [1.807, 2.05) is 6.07 Å². The van der Waals surface area contributed by atoms with Crippen molar-refractivity contribution in [1.29, 1.82) is 5.26 Å². The van der Waals surface area contributed by atoms with Gasteiger partial charge in [0, 0.05) is 22.2 Å². The van der Waals surface area contributed by atoms with Crippen molar-refractivity contribution in [2.75, 3.05) is 5.73 Å². The Bertz CT molecular complexity index is 1200. The molecule has 0 bridgehead atoms. The Hall–Kier alpha value is -3.05. The monoisotopic (exact) mass is 393 g/mol. The first kappa shape index (κ1) is 17.4. The smallest absolute Gasteiger partial charge is 0.163 e. The summed E-state index contributed by atoms with van der Waals surface area (Å²) in [5.74, 6) is 0.740. The highest BCUT2D eigenvalue weighted by atomic mass is 35.5. The van der Waals surface area contributed by atoms with Gasteiger partial charge in [-0.3, -0.25) is 0 Å². The molecule has 0 saturated heterocycles. The Morgan fingerprint density at radius 3 is 2.81 bits per heavy atom. The number of anilines is 1. The zero-order chi connectivity index (χ0) is 19.0. The summed E-state index contributed by atoms with van der Waals surface area (Å²) in [5, 5.41) is 20.7. The van der Waals surface area contributed by atoms with Gasteiger partial charge in [-0.05, 0) is 24.3 Å². The summed E-state index contributed by atoms with van der Waals surface area (Å²) in [4.78, 5) is 14.2. The van der Waals surface area contributed by atoms with E-state index in [4.69, 9.17) is 22.6 Å². The van der Waals surface area contributed by atoms with Crippen molar-refractivity contribution >= 4 is 39.0 Å². The molecule has 1 atom stereocenters. The first-order valence-corrected chi connectivity index (χ1v) is 9.12. The van der Waals surface area contributed by atoms with Gasteiger partial charge in [0.1, 0.15) is 21.9 Å². The second-order valence-corrected chi connectivity index (χ2v) is 7.20. The summed E-state index contributed by atoms with van der Waals surface area (Å²) in [6.45, 7) is 0. The minimum Gasteiger partial charge on any atom is -0.383 e. The molecule has 0 radical (unpaired) electrons. The number of hydrogen-bond acceptors (Lipinski definition) is 7. The van der Waals surface area contributed by atoms with E-state index in [2.05, 4.69) is 21.0 Å². The summed E-state index contributed by atoms with van der Waals surface area (Å²) < 4.78 is 0. The number of nitriles is 1. The van der Waals surface area contributed by atoms with E-state index in [0.717, 1.165) is 0 Å². The molecule has 0 fully saturated rings. The molecule has 8 heteroatoms. The van der Waals surface area contributed by atoms with Crippen molar-refractivity contribution < 1.29 is 5.11 Å². The molecule has 1 unspecified atom stereocenters. The number of aliphatic hydroxyl groups is 1. The Morgan fingerprint density at radius 1 is 1.19 bits per heavy atom. The lowest BCUT2D eigenvalue weighted by molar-refractivity contribution is 0.224. The maximum absolute atomic E-state index is 10.7. The third-order valence-corrected chi connectivity index (χ3v) is 5.44. The number of benzene rings is 1. The molecular formula is C19H12ClN5OS. The molecule has 0 amide bonds. The quantitative estimate of drug-likeness (QED) is 0.510. The van der Waals surface area contributed by atoms with E-state index in [-0.39, 0.29) is 5.15 Å². The van der Waals surface area contributed by atoms with Crippen LogP contribution in [0.4, 0.5) is 5.82 Å². The van der Waals surface area contributed by atoms with Crippen LogP contribution in [0.3, 0.4) is 0 Å². The van der Waals surface area contributed by atoms with Crippen molar-refractivity contribution in [2.45, 2.75) is 6.10 Å². The average molecular weight is 394 g/mol. The van der Waals surface area contributed by atoms with Gasteiger partial charge in [-0.25, -0.2) is 15.0 Å². The van der Waals surface area contributed by atoms with Crippen LogP contribution in [0, 0.1) is 11.3 Å². The van der Waals surface area contributed by atoms with E-state index < -0.39 is 6.10 Å². The van der Waals surface area contributed by atoms with Crippen LogP contribution in [-0.4, -0.2) is 20.1 Å². The van der Waals surface area contributed by atoms with Crippen LogP contribution in [0.5, 0.6) is 0 Å². The van der Waals surface area contributed by atoms with E-state index in [9.17, 15) is 5.11 Å². The maximum Gasteiger partial charge on any atom is 0.163 e. The number of thiophene rings is 1. The van der Waals surface area contributed by atoms with Crippen molar-refractivity contribution in [3.8, 4) is 17.5 Å². The second kappa shape index (κ2) is 6.93. The number of nitrogens with two attached hydrogens (primary N) is 1. The van der Waals surface area contributed by atoms with Gasteiger partial charge in [-0.2, -0.15) is 5.26 Å². The fourth-order valence-electron chi connectivity index (χ4n) is 2.71. The number of pyridine rings is 1. The molecule has 3 N–H and O–H groups in total. The summed E-state index contributed by atoms with van der Waals surface area (Å²) in [5.41, 5.74) is 7.85. The van der Waals surface area contributed by atoms with Crippen LogP contribution in [0.25, 0.3) is 21.6 Å². The molecule has 6 nitrogen and oxygen atoms in total. The highest BCUT2D eigenvalue weighted by Gasteiger charge is 2.19. The Labute approximate surface area is 163 Å². The third-order valence-electron chi connectivity index (χ3n) is 4.04. The zero-order valence-electron chi connectivity index (χ0n) is 13.8. The fourth-order valence-corrected chi connectivity index (χ4v) is 3.98. The molecule has 0 aliphatic carbocycles. The van der Waals surface area contributed by atoms with Gasteiger partial charge in [0.25, 0.3) is 0 Å². The fraction of sp³-hybridized carbons (Fsp3) is 0.0526. The highest BCUT2D eigenvalue weighted by molar-refractivity contribution is 7.18. The van der Waals surface area contributed by atoms with E-state index in [1.165, 1.54) is 11.3 Å². The van der Waals surface area contributed by atoms with Gasteiger partial charge in [-0.1, -0.05) is 29.8 Å². The lowest BCUT2D eigenvalue weighted by Gasteiger charge is -2.09. The number of fused-ring (bicyclic) bond motifs is 1. The summed E-state index contributed by atoms with van der Waals surface area (Å²) in [7, 11) is 0. The van der Waals surface area contributed by atoms with Crippen LogP contribution in [0.15, 0.2) is 48.7 Å². The normalized spacial score (nSPS) is 12.0. The standard InChI is InChI=1S/C19H12ClN5OS/c20-16-12(5-2-6-23-16)15(26)14-8-13-17(22)24-18(25-19(13)27-14)11-4-1-3-10(7-11)9-21/h1-8,15,26H,(H2,22,24,25). The minimum atomic E-state index is -0.935. The number of aromatic nitrogens is 3. The van der Waals surface area contributed by atoms with Gasteiger partial charge in [0.2, 0.25) is 0 Å². The van der Waals surface area contributed by atoms with E-state index in [1.54, 1.807) is 42.6 Å². The van der Waals surface area contributed by atoms with E-state index >= 15 is 0 Å². The van der Waals surface area contributed by atoms with Crippen molar-refractivity contribution in [3.63, 3.8) is 0 Å². The first-order chi connectivity index (χ1) is 13.1. The number of rotatable bonds is 3. The van der Waals surface area contributed by atoms with Crippen LogP contribution < -0.4 is 5.73 Å². The molecular weight excluding hydrogens is 382 g/mol. The van der Waals surface area contributed by atoms with Gasteiger partial charge in [0.05, 0.1) is 17.0 Å². The topological polar surface area (TPSA) is 109 Å². The zero-order valence-corrected chi connectivity index (χ0v) is 15.4. The summed E-state index contributed by atoms with van der Waals surface area (Å²) >= 11 is 7.40. The highest BCUT2D eigenvalue weighted by Crippen LogP contribution is 2.36. The Balaban J connectivity index is 1.80. The Morgan fingerprint density at radius 2 is 2.04 bits per heavy atom. The Kier molecular flexibility index (Phi) is 4.46. The number of nitrogens with zero attached hydrogens (tertiary/aromatic N) is 4. The largest absolute Gasteiger partial charge is 0.383 e. The summed E-state index contributed by atoms with van der Waals surface area (Å²) in [6.07, 6.45) is 0.629. The van der Waals surface area contributed by atoms with Gasteiger partial charge in [0.15, 0.2) is 5.82 Å². The second-order valence-electron chi connectivity index (χ2n) is 5.78. The molecule has 0 aliphatic rings. The van der Waals surface area contributed by atoms with Crippen LogP contribution >= 0.6 is 22.9 Å². The number of hydrogen-bond donors (Lipinski definition) is 2. The number of nitrogen functional groups attached to an aromatic ring is 1. The molecule has 3 aromatic heterocycles. The molecule has 0 aliphatic heterocycles. The van der Waals surface area contributed by atoms with E-state index in [0.29, 0.717) is 43.4 Å². The molecule has 4 rings (SSSR count). The summed E-state index contributed by atoms with van der Waals surface area (Å²) in [6, 6.07) is 14.3. The first-order valence-electron chi connectivity index (χ1n) is 7.93. The molecule has 0 saturated carbocycles. The van der Waals surface area contributed by atoms with Gasteiger partial charge < -0.3 is 10.8 Å². The molecule has 1 aromatic carbocycles. The predicted octanol–water partition coefficient (Wildman–Crippen LogP) is 3.94. The van der Waals surface area contributed by atoms with Crippen molar-refractivity contribution in [2.24, 2.45) is 0 Å². The molecule has 3 heterocycles.